The quantitative estimate of drug-likeness (QED) is 0.878. The summed E-state index contributed by atoms with van der Waals surface area (Å²) in [5.41, 5.74) is 1.94. The van der Waals surface area contributed by atoms with E-state index in [1.54, 1.807) is 6.26 Å². The molecule has 1 unspecified atom stereocenters. The summed E-state index contributed by atoms with van der Waals surface area (Å²) < 4.78 is 5.34. The lowest BCUT2D eigenvalue weighted by atomic mass is 9.82. The van der Waals surface area contributed by atoms with E-state index < -0.39 is 6.10 Å². The van der Waals surface area contributed by atoms with Crippen LogP contribution in [0.25, 0.3) is 0 Å². The van der Waals surface area contributed by atoms with E-state index in [1.165, 1.54) is 5.56 Å². The topological polar surface area (TPSA) is 36.6 Å². The molecule has 1 aromatic heterocycles. The van der Waals surface area contributed by atoms with Crippen molar-refractivity contribution in [3.8, 4) is 0 Å². The van der Waals surface area contributed by atoms with E-state index in [0.29, 0.717) is 0 Å². The molecule has 1 heterocycles. The first kappa shape index (κ1) is 15.8. The smallest absolute Gasteiger partial charge is 0.105 e. The van der Waals surface area contributed by atoms with Crippen LogP contribution in [0.1, 0.15) is 36.8 Å². The van der Waals surface area contributed by atoms with Gasteiger partial charge in [-0.1, -0.05) is 44.2 Å². The van der Waals surface area contributed by atoms with Gasteiger partial charge >= 0.3 is 0 Å². The largest absolute Gasteiger partial charge is 0.469 e. The maximum Gasteiger partial charge on any atom is 0.105 e. The summed E-state index contributed by atoms with van der Waals surface area (Å²) in [6, 6.07) is 11.9. The molecule has 3 nitrogen and oxygen atoms in total. The second-order valence-electron chi connectivity index (χ2n) is 6.48. The third-order valence-electron chi connectivity index (χ3n) is 3.94. The maximum atomic E-state index is 10.6. The number of aryl methyl sites for hydroxylation is 1. The average Bonchev–Trinajstić information content (AvgIpc) is 2.83. The van der Waals surface area contributed by atoms with E-state index in [9.17, 15) is 5.11 Å². The van der Waals surface area contributed by atoms with E-state index >= 15 is 0 Å². The number of nitrogens with zero attached hydrogens (tertiary/aromatic N) is 1. The molecule has 0 aliphatic heterocycles. The Bertz CT molecular complexity index is 560. The van der Waals surface area contributed by atoms with E-state index in [4.69, 9.17) is 4.42 Å². The van der Waals surface area contributed by atoms with Crippen molar-refractivity contribution < 1.29 is 9.52 Å². The van der Waals surface area contributed by atoms with Gasteiger partial charge in [-0.2, -0.15) is 0 Å². The Labute approximate surface area is 127 Å². The molecule has 0 amide bonds. The predicted octanol–water partition coefficient (Wildman–Crippen LogP) is 3.78. The Kier molecular flexibility index (Phi) is 4.86. The fourth-order valence-corrected chi connectivity index (χ4v) is 2.79. The minimum Gasteiger partial charge on any atom is -0.469 e. The molecule has 3 heteroatoms. The summed E-state index contributed by atoms with van der Waals surface area (Å²) in [6.07, 6.45) is 1.24. The van der Waals surface area contributed by atoms with Crippen LogP contribution < -0.4 is 0 Å². The first-order valence-corrected chi connectivity index (χ1v) is 7.34. The molecule has 0 aliphatic rings. The molecule has 114 valence electrons. The fraction of sp³-hybridized carbons (Fsp3) is 0.444. The van der Waals surface area contributed by atoms with Crippen LogP contribution in [0.15, 0.2) is 47.1 Å². The number of benzene rings is 1. The maximum absolute atomic E-state index is 10.6. The van der Waals surface area contributed by atoms with E-state index in [0.717, 1.165) is 24.4 Å². The number of furan rings is 1. The summed E-state index contributed by atoms with van der Waals surface area (Å²) in [5, 5.41) is 10.6. The van der Waals surface area contributed by atoms with Gasteiger partial charge in [-0.05, 0) is 25.6 Å². The Morgan fingerprint density at radius 1 is 1.19 bits per heavy atom. The van der Waals surface area contributed by atoms with Gasteiger partial charge in [0, 0.05) is 24.1 Å². The molecular formula is C18H25NO2. The summed E-state index contributed by atoms with van der Waals surface area (Å²) in [6.45, 7) is 7.81. The molecule has 1 N–H and O–H groups in total. The Balaban J connectivity index is 2.01. The number of rotatable bonds is 6. The van der Waals surface area contributed by atoms with E-state index in [2.05, 4.69) is 25.8 Å². The molecule has 0 saturated heterocycles. The van der Waals surface area contributed by atoms with Crippen molar-refractivity contribution in [3.63, 3.8) is 0 Å². The number of hydrogen-bond donors (Lipinski definition) is 1. The monoisotopic (exact) mass is 287 g/mol. The molecule has 1 aromatic carbocycles. The highest BCUT2D eigenvalue weighted by atomic mass is 16.3. The van der Waals surface area contributed by atoms with Crippen LogP contribution in [0.2, 0.25) is 0 Å². The van der Waals surface area contributed by atoms with Gasteiger partial charge in [0.1, 0.15) is 5.76 Å². The van der Waals surface area contributed by atoms with Gasteiger partial charge in [0.2, 0.25) is 0 Å². The van der Waals surface area contributed by atoms with Crippen LogP contribution >= 0.6 is 0 Å². The highest BCUT2D eigenvalue weighted by Gasteiger charge is 2.30. The van der Waals surface area contributed by atoms with Crippen molar-refractivity contribution in [2.24, 2.45) is 5.41 Å². The summed E-state index contributed by atoms with van der Waals surface area (Å²) in [7, 11) is 2.08. The van der Waals surface area contributed by atoms with Crippen LogP contribution in [0, 0.1) is 12.3 Å². The van der Waals surface area contributed by atoms with Crippen molar-refractivity contribution in [1.82, 2.24) is 4.90 Å². The van der Waals surface area contributed by atoms with Crippen LogP contribution in [-0.2, 0) is 6.54 Å². The van der Waals surface area contributed by atoms with Crippen LogP contribution in [0.4, 0.5) is 0 Å². The third kappa shape index (κ3) is 3.96. The Morgan fingerprint density at radius 2 is 1.86 bits per heavy atom. The minimum atomic E-state index is -0.480. The van der Waals surface area contributed by atoms with Crippen molar-refractivity contribution in [3.05, 3.63) is 59.5 Å². The molecule has 0 spiro atoms. The molecule has 0 bridgehead atoms. The number of hydrogen-bond acceptors (Lipinski definition) is 3. The second kappa shape index (κ2) is 6.46. The van der Waals surface area contributed by atoms with Crippen molar-refractivity contribution in [1.29, 1.82) is 0 Å². The zero-order valence-corrected chi connectivity index (χ0v) is 13.3. The van der Waals surface area contributed by atoms with E-state index in [1.807, 2.05) is 43.3 Å². The van der Waals surface area contributed by atoms with Gasteiger partial charge in [0.05, 0.1) is 12.4 Å². The Hall–Kier alpha value is -1.58. The Morgan fingerprint density at radius 3 is 2.43 bits per heavy atom. The SMILES string of the molecule is Cc1occc1CN(C)CC(C)(C)C(O)c1ccccc1. The van der Waals surface area contributed by atoms with Crippen LogP contribution in [0.5, 0.6) is 0 Å². The lowest BCUT2D eigenvalue weighted by Gasteiger charge is -2.34. The van der Waals surface area contributed by atoms with Crippen molar-refractivity contribution in [2.45, 2.75) is 33.4 Å². The fourth-order valence-electron chi connectivity index (χ4n) is 2.79. The van der Waals surface area contributed by atoms with Gasteiger partial charge in [-0.25, -0.2) is 0 Å². The highest BCUT2D eigenvalue weighted by molar-refractivity contribution is 5.19. The van der Waals surface area contributed by atoms with Gasteiger partial charge in [-0.15, -0.1) is 0 Å². The zero-order chi connectivity index (χ0) is 15.5. The van der Waals surface area contributed by atoms with E-state index in [-0.39, 0.29) is 5.41 Å². The molecule has 2 aromatic rings. The number of aliphatic hydroxyl groups is 1. The van der Waals surface area contributed by atoms with Gasteiger partial charge in [0.25, 0.3) is 0 Å². The molecule has 0 aliphatic carbocycles. The van der Waals surface area contributed by atoms with Gasteiger partial charge in [-0.3, -0.25) is 0 Å². The van der Waals surface area contributed by atoms with Crippen LogP contribution in [-0.4, -0.2) is 23.6 Å². The predicted molar refractivity (Wildman–Crippen MR) is 85.0 cm³/mol. The second-order valence-corrected chi connectivity index (χ2v) is 6.48. The molecule has 1 atom stereocenters. The lowest BCUT2D eigenvalue weighted by Crippen LogP contribution is -2.35. The first-order chi connectivity index (χ1) is 9.90. The third-order valence-corrected chi connectivity index (χ3v) is 3.94. The van der Waals surface area contributed by atoms with Crippen molar-refractivity contribution in [2.75, 3.05) is 13.6 Å². The highest BCUT2D eigenvalue weighted by Crippen LogP contribution is 2.34. The average molecular weight is 287 g/mol. The minimum absolute atomic E-state index is 0.228. The van der Waals surface area contributed by atoms with Gasteiger partial charge < -0.3 is 14.4 Å². The summed E-state index contributed by atoms with van der Waals surface area (Å²) >= 11 is 0. The van der Waals surface area contributed by atoms with Gasteiger partial charge in [0.15, 0.2) is 0 Å². The molecule has 0 saturated carbocycles. The summed E-state index contributed by atoms with van der Waals surface area (Å²) in [5.74, 6) is 0.961. The first-order valence-electron chi connectivity index (χ1n) is 7.34. The lowest BCUT2D eigenvalue weighted by molar-refractivity contribution is 0.0243. The normalized spacial score (nSPS) is 13.6. The molecule has 0 radical (unpaired) electrons. The summed E-state index contributed by atoms with van der Waals surface area (Å²) in [4.78, 5) is 2.23. The van der Waals surface area contributed by atoms with Crippen molar-refractivity contribution >= 4 is 0 Å². The molecular weight excluding hydrogens is 262 g/mol. The standard InChI is InChI=1S/C18H25NO2/c1-14-16(10-11-21-14)12-19(4)13-18(2,3)17(20)15-8-6-5-7-9-15/h5-11,17,20H,12-13H2,1-4H3. The zero-order valence-electron chi connectivity index (χ0n) is 13.3. The molecule has 21 heavy (non-hydrogen) atoms. The molecule has 0 fully saturated rings. The van der Waals surface area contributed by atoms with Crippen LogP contribution in [0.3, 0.4) is 0 Å². The molecule has 2 rings (SSSR count). The number of aliphatic hydroxyl groups excluding tert-OH is 1.